The highest BCUT2D eigenvalue weighted by molar-refractivity contribution is 5.88. The molecule has 0 radical (unpaired) electrons. The van der Waals surface area contributed by atoms with Crippen LogP contribution in [0.15, 0.2) is 28.7 Å². The molecular weight excluding hydrogens is 391 g/mol. The number of nitrogens with zero attached hydrogens (tertiary/aromatic N) is 5. The van der Waals surface area contributed by atoms with Gasteiger partial charge in [-0.1, -0.05) is 0 Å². The first-order chi connectivity index (χ1) is 13.7. The SMILES string of the molecule is Cn1nc(Nc2ccc(C(F)(F)F)cc2)c(-c2nnc(C3(C)CCNC3=O)o2)n1. The van der Waals surface area contributed by atoms with Crippen LogP contribution in [-0.2, 0) is 23.4 Å². The van der Waals surface area contributed by atoms with Crippen LogP contribution in [0.25, 0.3) is 11.6 Å². The van der Waals surface area contributed by atoms with Crippen molar-refractivity contribution < 1.29 is 22.4 Å². The summed E-state index contributed by atoms with van der Waals surface area (Å²) in [5.74, 6) is 0.232. The standard InChI is InChI=1S/C17H16F3N7O2/c1-16(7-8-21-14(16)28)15-24-23-13(29-15)11-12(26-27(2)25-11)22-10-5-3-9(4-6-10)17(18,19)20/h3-6H,7-8H2,1-2H3,(H,21,28)(H,22,26). The molecule has 29 heavy (non-hydrogen) atoms. The number of anilines is 2. The third-order valence-corrected chi connectivity index (χ3v) is 4.70. The number of halogens is 3. The fourth-order valence-corrected chi connectivity index (χ4v) is 2.99. The van der Waals surface area contributed by atoms with E-state index < -0.39 is 17.2 Å². The normalized spacial score (nSPS) is 19.4. The van der Waals surface area contributed by atoms with Crippen LogP contribution in [0.2, 0.25) is 0 Å². The maximum atomic E-state index is 12.7. The third-order valence-electron chi connectivity index (χ3n) is 4.70. The molecule has 2 aromatic heterocycles. The van der Waals surface area contributed by atoms with E-state index in [1.807, 2.05) is 0 Å². The van der Waals surface area contributed by atoms with Crippen molar-refractivity contribution in [2.45, 2.75) is 24.9 Å². The highest BCUT2D eigenvalue weighted by Crippen LogP contribution is 2.34. The molecule has 0 saturated carbocycles. The first-order valence-corrected chi connectivity index (χ1v) is 8.65. The number of carbonyl (C=O) groups is 1. The zero-order chi connectivity index (χ0) is 20.8. The van der Waals surface area contributed by atoms with E-state index in [0.29, 0.717) is 18.7 Å². The molecule has 152 valence electrons. The Kier molecular flexibility index (Phi) is 4.28. The van der Waals surface area contributed by atoms with Crippen molar-refractivity contribution in [3.05, 3.63) is 35.7 Å². The number of nitrogens with one attached hydrogen (secondary N) is 2. The topological polar surface area (TPSA) is 111 Å². The van der Waals surface area contributed by atoms with E-state index in [2.05, 4.69) is 31.0 Å². The van der Waals surface area contributed by atoms with Gasteiger partial charge >= 0.3 is 6.18 Å². The number of aryl methyl sites for hydroxylation is 1. The smallest absolute Gasteiger partial charge is 0.416 e. The Morgan fingerprint density at radius 2 is 1.93 bits per heavy atom. The highest BCUT2D eigenvalue weighted by Gasteiger charge is 2.44. The Hall–Kier alpha value is -3.44. The summed E-state index contributed by atoms with van der Waals surface area (Å²) in [6, 6.07) is 4.49. The summed E-state index contributed by atoms with van der Waals surface area (Å²) in [6.07, 6.45) is -3.90. The van der Waals surface area contributed by atoms with E-state index in [1.54, 1.807) is 14.0 Å². The molecule has 0 bridgehead atoms. The Balaban J connectivity index is 1.62. The van der Waals surface area contributed by atoms with Gasteiger partial charge in [-0.3, -0.25) is 4.79 Å². The summed E-state index contributed by atoms with van der Waals surface area (Å²) >= 11 is 0. The molecular formula is C17H16F3N7O2. The molecule has 1 atom stereocenters. The summed E-state index contributed by atoms with van der Waals surface area (Å²) in [5, 5.41) is 21.9. The van der Waals surface area contributed by atoms with E-state index in [1.165, 1.54) is 16.9 Å². The number of carbonyl (C=O) groups excluding carboxylic acids is 1. The number of hydrogen-bond donors (Lipinski definition) is 2. The highest BCUT2D eigenvalue weighted by atomic mass is 19.4. The summed E-state index contributed by atoms with van der Waals surface area (Å²) in [5.41, 5.74) is -1.09. The van der Waals surface area contributed by atoms with Crippen molar-refractivity contribution in [2.75, 3.05) is 11.9 Å². The lowest BCUT2D eigenvalue weighted by molar-refractivity contribution is -0.137. The van der Waals surface area contributed by atoms with E-state index in [-0.39, 0.29) is 29.2 Å². The summed E-state index contributed by atoms with van der Waals surface area (Å²) in [7, 11) is 1.57. The summed E-state index contributed by atoms with van der Waals surface area (Å²) < 4.78 is 43.9. The van der Waals surface area contributed by atoms with Crippen LogP contribution < -0.4 is 10.6 Å². The average Bonchev–Trinajstić information content (AvgIpc) is 3.35. The van der Waals surface area contributed by atoms with Crippen molar-refractivity contribution in [1.82, 2.24) is 30.5 Å². The lowest BCUT2D eigenvalue weighted by Gasteiger charge is -2.14. The van der Waals surface area contributed by atoms with Gasteiger partial charge in [0.05, 0.1) is 5.56 Å². The Morgan fingerprint density at radius 1 is 1.21 bits per heavy atom. The maximum absolute atomic E-state index is 12.7. The Labute approximate surface area is 162 Å². The number of alkyl halides is 3. The van der Waals surface area contributed by atoms with Crippen LogP contribution in [0.3, 0.4) is 0 Å². The number of hydrogen-bond acceptors (Lipinski definition) is 7. The van der Waals surface area contributed by atoms with Gasteiger partial charge in [0.1, 0.15) is 5.41 Å². The molecule has 1 aliphatic heterocycles. The van der Waals surface area contributed by atoms with Gasteiger partial charge in [0.2, 0.25) is 11.8 Å². The largest absolute Gasteiger partial charge is 0.418 e. The van der Waals surface area contributed by atoms with Crippen LogP contribution >= 0.6 is 0 Å². The molecule has 0 aliphatic carbocycles. The van der Waals surface area contributed by atoms with Gasteiger partial charge in [-0.2, -0.15) is 18.0 Å². The second kappa shape index (κ2) is 6.57. The van der Waals surface area contributed by atoms with Gasteiger partial charge in [-0.15, -0.1) is 20.4 Å². The van der Waals surface area contributed by atoms with Gasteiger partial charge < -0.3 is 15.1 Å². The van der Waals surface area contributed by atoms with Crippen molar-refractivity contribution in [1.29, 1.82) is 0 Å². The number of aromatic nitrogens is 5. The molecule has 0 spiro atoms. The molecule has 1 saturated heterocycles. The van der Waals surface area contributed by atoms with E-state index in [0.717, 1.165) is 12.1 Å². The second-order valence-corrected chi connectivity index (χ2v) is 6.84. The first kappa shape index (κ1) is 18.9. The third kappa shape index (κ3) is 3.41. The van der Waals surface area contributed by atoms with Crippen LogP contribution in [0, 0.1) is 0 Å². The quantitative estimate of drug-likeness (QED) is 0.683. The van der Waals surface area contributed by atoms with Crippen LogP contribution in [0.1, 0.15) is 24.8 Å². The molecule has 12 heteroatoms. The molecule has 1 fully saturated rings. The lowest BCUT2D eigenvalue weighted by atomic mass is 9.89. The lowest BCUT2D eigenvalue weighted by Crippen LogP contribution is -2.32. The van der Waals surface area contributed by atoms with Crippen LogP contribution in [0.5, 0.6) is 0 Å². The zero-order valence-electron chi connectivity index (χ0n) is 15.4. The van der Waals surface area contributed by atoms with Gasteiger partial charge in [-0.25, -0.2) is 0 Å². The molecule has 2 N–H and O–H groups in total. The molecule has 1 aliphatic rings. The maximum Gasteiger partial charge on any atom is 0.416 e. The molecule has 1 aromatic carbocycles. The fraction of sp³-hybridized carbons (Fsp3) is 0.353. The second-order valence-electron chi connectivity index (χ2n) is 6.84. The predicted octanol–water partition coefficient (Wildman–Crippen LogP) is 2.41. The van der Waals surface area contributed by atoms with Gasteiger partial charge in [-0.05, 0) is 37.6 Å². The van der Waals surface area contributed by atoms with Crippen molar-refractivity contribution in [3.8, 4) is 11.6 Å². The molecule has 1 unspecified atom stereocenters. The Bertz CT molecular complexity index is 1060. The fourth-order valence-electron chi connectivity index (χ4n) is 2.99. The summed E-state index contributed by atoms with van der Waals surface area (Å²) in [6.45, 7) is 2.23. The van der Waals surface area contributed by atoms with E-state index in [9.17, 15) is 18.0 Å². The number of rotatable bonds is 4. The molecule has 3 aromatic rings. The number of amides is 1. The minimum absolute atomic E-state index is 0.0448. The molecule has 1 amide bonds. The minimum atomic E-state index is -4.42. The average molecular weight is 407 g/mol. The van der Waals surface area contributed by atoms with E-state index >= 15 is 0 Å². The van der Waals surface area contributed by atoms with Crippen LogP contribution in [-0.4, -0.2) is 37.6 Å². The summed E-state index contributed by atoms with van der Waals surface area (Å²) in [4.78, 5) is 13.3. The minimum Gasteiger partial charge on any atom is -0.418 e. The Morgan fingerprint density at radius 3 is 2.55 bits per heavy atom. The van der Waals surface area contributed by atoms with Crippen molar-refractivity contribution in [2.24, 2.45) is 7.05 Å². The number of benzene rings is 1. The molecule has 9 nitrogen and oxygen atoms in total. The van der Waals surface area contributed by atoms with Gasteiger partial charge in [0, 0.05) is 19.3 Å². The molecule has 4 rings (SSSR count). The predicted molar refractivity (Wildman–Crippen MR) is 94.0 cm³/mol. The molecule has 3 heterocycles. The van der Waals surface area contributed by atoms with Gasteiger partial charge in [0.15, 0.2) is 11.5 Å². The zero-order valence-corrected chi connectivity index (χ0v) is 15.4. The van der Waals surface area contributed by atoms with Crippen LogP contribution in [0.4, 0.5) is 24.7 Å². The monoisotopic (exact) mass is 407 g/mol. The van der Waals surface area contributed by atoms with E-state index in [4.69, 9.17) is 4.42 Å². The van der Waals surface area contributed by atoms with Crippen molar-refractivity contribution in [3.63, 3.8) is 0 Å². The first-order valence-electron chi connectivity index (χ1n) is 8.65. The van der Waals surface area contributed by atoms with Crippen molar-refractivity contribution >= 4 is 17.4 Å². The van der Waals surface area contributed by atoms with Gasteiger partial charge in [0.25, 0.3) is 5.89 Å².